The molecule has 0 amide bonds. The van der Waals surface area contributed by atoms with Crippen molar-refractivity contribution in [2.45, 2.75) is 20.4 Å². The van der Waals surface area contributed by atoms with Crippen LogP contribution in [0.1, 0.15) is 12.5 Å². The Balaban J connectivity index is 2.33. The van der Waals surface area contributed by atoms with E-state index in [2.05, 4.69) is 30.5 Å². The number of aryl methyl sites for hydroxylation is 2. The molecule has 2 aromatic carbocycles. The molecular weight excluding hydrogens is 234 g/mol. The summed E-state index contributed by atoms with van der Waals surface area (Å²) in [6.45, 7) is 5.08. The van der Waals surface area contributed by atoms with Crippen molar-refractivity contribution in [3.05, 3.63) is 48.0 Å². The topological polar surface area (TPSA) is 43.8 Å². The molecule has 0 unspecified atom stereocenters. The quantitative estimate of drug-likeness (QED) is 0.707. The first kappa shape index (κ1) is 11.8. The zero-order valence-corrected chi connectivity index (χ0v) is 11.2. The monoisotopic (exact) mass is 251 g/mol. The lowest BCUT2D eigenvalue weighted by molar-refractivity contribution is 0.796. The molecule has 0 atom stereocenters. The fourth-order valence-corrected chi connectivity index (χ4v) is 2.46. The number of hydrogen-bond acceptors (Lipinski definition) is 2. The van der Waals surface area contributed by atoms with Crippen molar-refractivity contribution in [1.29, 1.82) is 0 Å². The Kier molecular flexibility index (Phi) is 2.75. The van der Waals surface area contributed by atoms with Crippen molar-refractivity contribution in [3.8, 4) is 11.4 Å². The molecule has 0 fully saturated rings. The molecule has 0 saturated carbocycles. The average molecular weight is 251 g/mol. The van der Waals surface area contributed by atoms with Gasteiger partial charge in [0.05, 0.1) is 11.0 Å². The molecule has 0 aliphatic rings. The smallest absolute Gasteiger partial charge is 0.143 e. The number of imidazole rings is 1. The van der Waals surface area contributed by atoms with E-state index in [0.717, 1.165) is 34.7 Å². The van der Waals surface area contributed by atoms with Gasteiger partial charge < -0.3 is 10.3 Å². The van der Waals surface area contributed by atoms with Gasteiger partial charge in [-0.1, -0.05) is 23.8 Å². The van der Waals surface area contributed by atoms with E-state index in [4.69, 9.17) is 10.7 Å². The van der Waals surface area contributed by atoms with Crippen molar-refractivity contribution < 1.29 is 0 Å². The summed E-state index contributed by atoms with van der Waals surface area (Å²) in [5, 5.41) is 0. The molecular formula is C16H17N3. The van der Waals surface area contributed by atoms with Crippen LogP contribution in [0, 0.1) is 6.92 Å². The lowest BCUT2D eigenvalue weighted by Gasteiger charge is -2.09. The van der Waals surface area contributed by atoms with Crippen molar-refractivity contribution in [2.24, 2.45) is 0 Å². The van der Waals surface area contributed by atoms with Gasteiger partial charge in [0.15, 0.2) is 0 Å². The molecule has 0 saturated heterocycles. The number of fused-ring (bicyclic) bond motifs is 1. The number of hydrogen-bond donors (Lipinski definition) is 1. The third-order valence-corrected chi connectivity index (χ3v) is 3.42. The largest absolute Gasteiger partial charge is 0.398 e. The normalized spacial score (nSPS) is 11.1. The number of nitrogen functional groups attached to an aromatic ring is 1. The van der Waals surface area contributed by atoms with Crippen LogP contribution in [0.5, 0.6) is 0 Å². The summed E-state index contributed by atoms with van der Waals surface area (Å²) in [6, 6.07) is 14.3. The molecule has 3 aromatic rings. The van der Waals surface area contributed by atoms with Gasteiger partial charge in [-0.15, -0.1) is 0 Å². The summed E-state index contributed by atoms with van der Waals surface area (Å²) < 4.78 is 2.21. The molecule has 1 aromatic heterocycles. The Morgan fingerprint density at radius 1 is 1.16 bits per heavy atom. The number of benzene rings is 2. The van der Waals surface area contributed by atoms with Gasteiger partial charge in [-0.05, 0) is 38.1 Å². The van der Waals surface area contributed by atoms with Crippen molar-refractivity contribution in [3.63, 3.8) is 0 Å². The summed E-state index contributed by atoms with van der Waals surface area (Å²) >= 11 is 0. The first-order chi connectivity index (χ1) is 9.20. The highest BCUT2D eigenvalue weighted by Gasteiger charge is 2.13. The Bertz CT molecular complexity index is 741. The van der Waals surface area contributed by atoms with Crippen LogP contribution in [-0.2, 0) is 6.54 Å². The summed E-state index contributed by atoms with van der Waals surface area (Å²) in [5.41, 5.74) is 11.3. The Morgan fingerprint density at radius 2 is 1.95 bits per heavy atom. The van der Waals surface area contributed by atoms with Crippen LogP contribution in [0.15, 0.2) is 42.5 Å². The summed E-state index contributed by atoms with van der Waals surface area (Å²) in [7, 11) is 0. The second-order valence-electron chi connectivity index (χ2n) is 4.76. The minimum Gasteiger partial charge on any atom is -0.398 e. The predicted octanol–water partition coefficient (Wildman–Crippen LogP) is 3.61. The molecule has 0 bridgehead atoms. The minimum atomic E-state index is 0.774. The maximum absolute atomic E-state index is 6.11. The highest BCUT2D eigenvalue weighted by molar-refractivity contribution is 5.83. The molecule has 0 spiro atoms. The zero-order valence-electron chi connectivity index (χ0n) is 11.2. The van der Waals surface area contributed by atoms with Crippen LogP contribution in [0.2, 0.25) is 0 Å². The van der Waals surface area contributed by atoms with Crippen LogP contribution in [0.25, 0.3) is 22.4 Å². The summed E-state index contributed by atoms with van der Waals surface area (Å²) in [4.78, 5) is 4.74. The standard InChI is InChI=1S/C16H17N3/c1-3-19-15-7-5-4-6-14(15)18-16(19)12-10-11(2)8-9-13(12)17/h4-10H,3,17H2,1-2H3. The van der Waals surface area contributed by atoms with Gasteiger partial charge in [0, 0.05) is 17.8 Å². The van der Waals surface area contributed by atoms with E-state index < -0.39 is 0 Å². The second-order valence-corrected chi connectivity index (χ2v) is 4.76. The number of anilines is 1. The van der Waals surface area contributed by atoms with Gasteiger partial charge in [0.2, 0.25) is 0 Å². The molecule has 96 valence electrons. The lowest BCUT2D eigenvalue weighted by Crippen LogP contribution is -2.00. The van der Waals surface area contributed by atoms with E-state index in [-0.39, 0.29) is 0 Å². The van der Waals surface area contributed by atoms with Gasteiger partial charge in [-0.3, -0.25) is 0 Å². The van der Waals surface area contributed by atoms with Crippen molar-refractivity contribution >= 4 is 16.7 Å². The Labute approximate surface area is 112 Å². The maximum Gasteiger partial charge on any atom is 0.143 e. The van der Waals surface area contributed by atoms with E-state index in [1.165, 1.54) is 5.56 Å². The number of aromatic nitrogens is 2. The van der Waals surface area contributed by atoms with Crippen LogP contribution in [0.3, 0.4) is 0 Å². The number of para-hydroxylation sites is 2. The summed E-state index contributed by atoms with van der Waals surface area (Å²) in [5.74, 6) is 0.949. The molecule has 3 nitrogen and oxygen atoms in total. The molecule has 0 aliphatic heterocycles. The van der Waals surface area contributed by atoms with Gasteiger partial charge in [0.1, 0.15) is 5.82 Å². The lowest BCUT2D eigenvalue weighted by atomic mass is 10.1. The third kappa shape index (κ3) is 1.87. The molecule has 1 heterocycles. The van der Waals surface area contributed by atoms with E-state index in [1.807, 2.05) is 30.3 Å². The van der Waals surface area contributed by atoms with E-state index >= 15 is 0 Å². The van der Waals surface area contributed by atoms with Crippen LogP contribution >= 0.6 is 0 Å². The van der Waals surface area contributed by atoms with Gasteiger partial charge in [0.25, 0.3) is 0 Å². The first-order valence-electron chi connectivity index (χ1n) is 6.52. The minimum absolute atomic E-state index is 0.774. The molecule has 3 rings (SSSR count). The van der Waals surface area contributed by atoms with E-state index in [0.29, 0.717) is 0 Å². The first-order valence-corrected chi connectivity index (χ1v) is 6.52. The fourth-order valence-electron chi connectivity index (χ4n) is 2.46. The van der Waals surface area contributed by atoms with Gasteiger partial charge in [-0.25, -0.2) is 4.98 Å². The van der Waals surface area contributed by atoms with Crippen LogP contribution in [0.4, 0.5) is 5.69 Å². The predicted molar refractivity (Wildman–Crippen MR) is 80.0 cm³/mol. The van der Waals surface area contributed by atoms with Gasteiger partial charge >= 0.3 is 0 Å². The zero-order chi connectivity index (χ0) is 13.4. The van der Waals surface area contributed by atoms with E-state index in [1.54, 1.807) is 0 Å². The van der Waals surface area contributed by atoms with Crippen molar-refractivity contribution in [2.75, 3.05) is 5.73 Å². The van der Waals surface area contributed by atoms with Gasteiger partial charge in [-0.2, -0.15) is 0 Å². The number of nitrogens with zero attached hydrogens (tertiary/aromatic N) is 2. The molecule has 19 heavy (non-hydrogen) atoms. The molecule has 0 radical (unpaired) electrons. The number of nitrogens with two attached hydrogens (primary N) is 1. The Morgan fingerprint density at radius 3 is 2.74 bits per heavy atom. The SMILES string of the molecule is CCn1c(-c2cc(C)ccc2N)nc2ccccc21. The van der Waals surface area contributed by atoms with E-state index in [9.17, 15) is 0 Å². The summed E-state index contributed by atoms with van der Waals surface area (Å²) in [6.07, 6.45) is 0. The number of rotatable bonds is 2. The second kappa shape index (κ2) is 4.43. The van der Waals surface area contributed by atoms with Crippen LogP contribution in [-0.4, -0.2) is 9.55 Å². The third-order valence-electron chi connectivity index (χ3n) is 3.42. The highest BCUT2D eigenvalue weighted by Crippen LogP contribution is 2.29. The maximum atomic E-state index is 6.11. The molecule has 0 aliphatic carbocycles. The van der Waals surface area contributed by atoms with Crippen molar-refractivity contribution in [1.82, 2.24) is 9.55 Å². The molecule has 2 N–H and O–H groups in total. The van der Waals surface area contributed by atoms with Crippen LogP contribution < -0.4 is 5.73 Å². The molecule has 3 heteroatoms. The Hall–Kier alpha value is -2.29. The average Bonchev–Trinajstić information content (AvgIpc) is 2.79. The fraction of sp³-hybridized carbons (Fsp3) is 0.188. The highest BCUT2D eigenvalue weighted by atomic mass is 15.1.